The van der Waals surface area contributed by atoms with Crippen LogP contribution < -0.4 is 5.73 Å². The summed E-state index contributed by atoms with van der Waals surface area (Å²) >= 11 is 1.96. The van der Waals surface area contributed by atoms with Gasteiger partial charge in [-0.15, -0.1) is 0 Å². The van der Waals surface area contributed by atoms with Crippen molar-refractivity contribution in [3.63, 3.8) is 0 Å². The van der Waals surface area contributed by atoms with Crippen LogP contribution in [-0.4, -0.2) is 54.7 Å². The van der Waals surface area contributed by atoms with Gasteiger partial charge in [0.05, 0.1) is 6.04 Å². The number of carbonyl (C=O) groups excluding carboxylic acids is 1. The molecule has 0 bridgehead atoms. The maximum Gasteiger partial charge on any atom is 0.239 e. The summed E-state index contributed by atoms with van der Waals surface area (Å²) in [5.41, 5.74) is 5.92. The van der Waals surface area contributed by atoms with Gasteiger partial charge in [-0.05, 0) is 19.3 Å². The Kier molecular flexibility index (Phi) is 6.92. The van der Waals surface area contributed by atoms with Crippen molar-refractivity contribution in [1.29, 1.82) is 0 Å². The van der Waals surface area contributed by atoms with Crippen LogP contribution in [-0.2, 0) is 9.53 Å². The molecule has 1 aliphatic rings. The fourth-order valence-corrected chi connectivity index (χ4v) is 3.15. The summed E-state index contributed by atoms with van der Waals surface area (Å²) in [7, 11) is 1.67. The Balaban J connectivity index is 2.34. The Morgan fingerprint density at radius 2 is 2.41 bits per heavy atom. The van der Waals surface area contributed by atoms with Gasteiger partial charge in [0, 0.05) is 37.8 Å². The monoisotopic (exact) mass is 260 g/mol. The molecule has 100 valence electrons. The van der Waals surface area contributed by atoms with Crippen LogP contribution in [0, 0.1) is 0 Å². The van der Waals surface area contributed by atoms with Gasteiger partial charge in [-0.3, -0.25) is 4.79 Å². The lowest BCUT2D eigenvalue weighted by atomic mass is 10.1. The molecule has 1 fully saturated rings. The summed E-state index contributed by atoms with van der Waals surface area (Å²) in [6.45, 7) is 4.55. The molecule has 4 nitrogen and oxygen atoms in total. The van der Waals surface area contributed by atoms with Gasteiger partial charge in [0.2, 0.25) is 5.91 Å². The van der Waals surface area contributed by atoms with E-state index in [-0.39, 0.29) is 11.9 Å². The molecule has 0 spiro atoms. The second-order valence-electron chi connectivity index (χ2n) is 4.43. The summed E-state index contributed by atoms with van der Waals surface area (Å²) in [5, 5.41) is 0.582. The predicted octanol–water partition coefficient (Wildman–Crippen LogP) is 1.09. The Bertz CT molecular complexity index is 239. The molecule has 0 aromatic heterocycles. The first-order valence-electron chi connectivity index (χ1n) is 6.34. The Morgan fingerprint density at radius 1 is 1.65 bits per heavy atom. The molecule has 17 heavy (non-hydrogen) atoms. The van der Waals surface area contributed by atoms with Gasteiger partial charge >= 0.3 is 0 Å². The van der Waals surface area contributed by atoms with Crippen molar-refractivity contribution >= 4 is 17.7 Å². The van der Waals surface area contributed by atoms with Gasteiger partial charge < -0.3 is 15.4 Å². The lowest BCUT2D eigenvalue weighted by molar-refractivity contribution is -0.132. The van der Waals surface area contributed by atoms with Gasteiger partial charge in [0.25, 0.3) is 0 Å². The van der Waals surface area contributed by atoms with E-state index in [2.05, 4.69) is 6.92 Å². The zero-order chi connectivity index (χ0) is 12.7. The molecular formula is C12H24N2O2S. The molecule has 0 aromatic rings. The summed E-state index contributed by atoms with van der Waals surface area (Å²) in [6.07, 6.45) is 2.68. The van der Waals surface area contributed by atoms with Crippen LogP contribution in [0.1, 0.15) is 26.2 Å². The van der Waals surface area contributed by atoms with E-state index in [0.717, 1.165) is 31.7 Å². The smallest absolute Gasteiger partial charge is 0.239 e. The topological polar surface area (TPSA) is 55.6 Å². The fraction of sp³-hybridized carbons (Fsp3) is 0.917. The highest BCUT2D eigenvalue weighted by Crippen LogP contribution is 2.21. The van der Waals surface area contributed by atoms with Gasteiger partial charge in [-0.25, -0.2) is 0 Å². The number of nitrogens with two attached hydrogens (primary N) is 1. The number of thioether (sulfide) groups is 1. The van der Waals surface area contributed by atoms with Gasteiger partial charge in [0.1, 0.15) is 0 Å². The van der Waals surface area contributed by atoms with Crippen LogP contribution in [0.5, 0.6) is 0 Å². The van der Waals surface area contributed by atoms with Crippen LogP contribution >= 0.6 is 11.8 Å². The molecule has 2 N–H and O–H groups in total. The standard InChI is InChI=1S/C12H24N2O2S/c1-3-10-9-14(6-8-17-10)12(15)11(13)5-4-7-16-2/h10-11H,3-9,13H2,1-2H3. The Labute approximate surface area is 108 Å². The van der Waals surface area contributed by atoms with Crippen LogP contribution in [0.15, 0.2) is 0 Å². The van der Waals surface area contributed by atoms with E-state index in [1.807, 2.05) is 16.7 Å². The molecule has 1 rings (SSSR count). The zero-order valence-electron chi connectivity index (χ0n) is 10.9. The highest BCUT2D eigenvalue weighted by atomic mass is 32.2. The van der Waals surface area contributed by atoms with E-state index in [0.29, 0.717) is 18.3 Å². The molecule has 2 atom stereocenters. The van der Waals surface area contributed by atoms with Crippen molar-refractivity contribution in [3.05, 3.63) is 0 Å². The first-order chi connectivity index (χ1) is 8.19. The normalized spacial score (nSPS) is 22.5. The lowest BCUT2D eigenvalue weighted by Crippen LogP contribution is -2.49. The second kappa shape index (κ2) is 7.95. The second-order valence-corrected chi connectivity index (χ2v) is 5.84. The Morgan fingerprint density at radius 3 is 3.06 bits per heavy atom. The first-order valence-corrected chi connectivity index (χ1v) is 7.38. The van der Waals surface area contributed by atoms with Crippen LogP contribution in [0.4, 0.5) is 0 Å². The highest BCUT2D eigenvalue weighted by molar-refractivity contribution is 8.00. The van der Waals surface area contributed by atoms with Crippen molar-refractivity contribution in [2.75, 3.05) is 32.6 Å². The number of methoxy groups -OCH3 is 1. The molecule has 1 aliphatic heterocycles. The zero-order valence-corrected chi connectivity index (χ0v) is 11.7. The summed E-state index contributed by atoms with van der Waals surface area (Å²) < 4.78 is 4.97. The quantitative estimate of drug-likeness (QED) is 0.727. The molecule has 0 aliphatic carbocycles. The van der Waals surface area contributed by atoms with Crippen molar-refractivity contribution in [1.82, 2.24) is 4.90 Å². The van der Waals surface area contributed by atoms with Gasteiger partial charge in [-0.2, -0.15) is 11.8 Å². The predicted molar refractivity (Wildman–Crippen MR) is 72.2 cm³/mol. The summed E-state index contributed by atoms with van der Waals surface area (Å²) in [5.74, 6) is 1.15. The minimum atomic E-state index is -0.356. The van der Waals surface area contributed by atoms with E-state index < -0.39 is 0 Å². The third-order valence-electron chi connectivity index (χ3n) is 3.09. The number of rotatable bonds is 6. The van der Waals surface area contributed by atoms with Crippen LogP contribution in [0.25, 0.3) is 0 Å². The molecule has 1 saturated heterocycles. The molecular weight excluding hydrogens is 236 g/mol. The third-order valence-corrected chi connectivity index (χ3v) is 4.46. The van der Waals surface area contributed by atoms with Crippen LogP contribution in [0.2, 0.25) is 0 Å². The molecule has 0 saturated carbocycles. The minimum Gasteiger partial charge on any atom is -0.385 e. The molecule has 1 amide bonds. The number of hydrogen-bond acceptors (Lipinski definition) is 4. The number of amides is 1. The first kappa shape index (κ1) is 14.8. The summed E-state index contributed by atoms with van der Waals surface area (Å²) in [4.78, 5) is 14.0. The van der Waals surface area contributed by atoms with Crippen LogP contribution in [0.3, 0.4) is 0 Å². The molecule has 1 heterocycles. The van der Waals surface area contributed by atoms with Gasteiger partial charge in [0.15, 0.2) is 0 Å². The molecule has 0 aromatic carbocycles. The van der Waals surface area contributed by atoms with Gasteiger partial charge in [-0.1, -0.05) is 6.92 Å². The van der Waals surface area contributed by atoms with E-state index in [4.69, 9.17) is 10.5 Å². The van der Waals surface area contributed by atoms with E-state index in [1.165, 1.54) is 0 Å². The number of carbonyl (C=O) groups is 1. The Hall–Kier alpha value is -0.260. The molecule has 5 heteroatoms. The van der Waals surface area contributed by atoms with E-state index >= 15 is 0 Å². The average molecular weight is 260 g/mol. The maximum absolute atomic E-state index is 12.1. The number of nitrogens with zero attached hydrogens (tertiary/aromatic N) is 1. The fourth-order valence-electron chi connectivity index (χ4n) is 1.97. The van der Waals surface area contributed by atoms with Crippen molar-refractivity contribution in [2.45, 2.75) is 37.5 Å². The minimum absolute atomic E-state index is 0.111. The SMILES string of the molecule is CCC1CN(C(=O)C(N)CCCOC)CCS1. The third kappa shape index (κ3) is 4.85. The van der Waals surface area contributed by atoms with E-state index in [1.54, 1.807) is 7.11 Å². The van der Waals surface area contributed by atoms with Crippen molar-refractivity contribution in [3.8, 4) is 0 Å². The molecule has 0 radical (unpaired) electrons. The highest BCUT2D eigenvalue weighted by Gasteiger charge is 2.26. The van der Waals surface area contributed by atoms with Crippen molar-refractivity contribution < 1.29 is 9.53 Å². The maximum atomic E-state index is 12.1. The number of hydrogen-bond donors (Lipinski definition) is 1. The summed E-state index contributed by atoms with van der Waals surface area (Å²) in [6, 6.07) is -0.356. The molecule has 2 unspecified atom stereocenters. The lowest BCUT2D eigenvalue weighted by Gasteiger charge is -2.33. The number of ether oxygens (including phenoxy) is 1. The average Bonchev–Trinajstić information content (AvgIpc) is 2.38. The van der Waals surface area contributed by atoms with E-state index in [9.17, 15) is 4.79 Å². The largest absolute Gasteiger partial charge is 0.385 e. The van der Waals surface area contributed by atoms with Crippen molar-refractivity contribution in [2.24, 2.45) is 5.73 Å².